The summed E-state index contributed by atoms with van der Waals surface area (Å²) < 4.78 is 196. The fraction of sp³-hybridized carbons (Fsp3) is 1.00. The van der Waals surface area contributed by atoms with Crippen LogP contribution in [0, 0.1) is 17.8 Å². The highest BCUT2D eigenvalue weighted by Crippen LogP contribution is 2.43. The van der Waals surface area contributed by atoms with Crippen LogP contribution in [0.4, 0.5) is 65.9 Å². The van der Waals surface area contributed by atoms with Gasteiger partial charge in [-0.25, -0.2) is 17.6 Å². The van der Waals surface area contributed by atoms with Crippen molar-refractivity contribution in [3.63, 3.8) is 0 Å². The molecule has 0 heterocycles. The van der Waals surface area contributed by atoms with E-state index in [0.29, 0.717) is 19.3 Å². The summed E-state index contributed by atoms with van der Waals surface area (Å²) in [6, 6.07) is 0. The highest BCUT2D eigenvalue weighted by Gasteiger charge is 2.55. The van der Waals surface area contributed by atoms with Gasteiger partial charge in [-0.2, -0.15) is 48.3 Å². The van der Waals surface area contributed by atoms with E-state index in [0.717, 1.165) is 13.8 Å². The predicted octanol–water partition coefficient (Wildman–Crippen LogP) is 12.0. The second-order valence-electron chi connectivity index (χ2n) is 10.1. The summed E-state index contributed by atoms with van der Waals surface area (Å²) >= 11 is 0. The molecule has 0 aliphatic carbocycles. The molecule has 0 aromatic rings. The van der Waals surface area contributed by atoms with E-state index in [1.165, 1.54) is 6.92 Å². The van der Waals surface area contributed by atoms with Gasteiger partial charge in [0.2, 0.25) is 0 Å². The van der Waals surface area contributed by atoms with Crippen molar-refractivity contribution >= 4 is 0 Å². The molecular weight excluding hydrogens is 641 g/mol. The van der Waals surface area contributed by atoms with Crippen LogP contribution in [0.3, 0.4) is 0 Å². The van der Waals surface area contributed by atoms with Crippen LogP contribution in [-0.4, -0.2) is 56.3 Å². The van der Waals surface area contributed by atoms with Crippen LogP contribution in [0.25, 0.3) is 0 Å². The van der Waals surface area contributed by atoms with Crippen LogP contribution in [-0.2, 0) is 9.47 Å². The third-order valence-corrected chi connectivity index (χ3v) is 6.18. The molecule has 0 aromatic carbocycles. The lowest BCUT2D eigenvalue weighted by Crippen LogP contribution is -2.42. The fourth-order valence-corrected chi connectivity index (χ4v) is 3.36. The summed E-state index contributed by atoms with van der Waals surface area (Å²) in [5.74, 6) is -14.5. The summed E-state index contributed by atoms with van der Waals surface area (Å²) in [6.07, 6.45) is -19.2. The Morgan fingerprint density at radius 2 is 0.977 bits per heavy atom. The Morgan fingerprint density at radius 3 is 1.30 bits per heavy atom. The number of ether oxygens (including phenoxy) is 2. The average Bonchev–Trinajstić information content (AvgIpc) is 2.85. The summed E-state index contributed by atoms with van der Waals surface area (Å²) in [6.45, 7) is 6.13. The van der Waals surface area contributed by atoms with Gasteiger partial charge in [0.1, 0.15) is 18.4 Å². The highest BCUT2D eigenvalue weighted by molar-refractivity contribution is 4.83. The zero-order valence-electron chi connectivity index (χ0n) is 25.7. The van der Waals surface area contributed by atoms with Crippen molar-refractivity contribution in [2.24, 2.45) is 17.8 Å². The van der Waals surface area contributed by atoms with Gasteiger partial charge in [-0.1, -0.05) is 60.8 Å². The average molecular weight is 687 g/mol. The van der Waals surface area contributed by atoms with E-state index in [2.05, 4.69) is 9.47 Å². The Labute approximate surface area is 249 Å². The Balaban J connectivity index is -0.000000605. The largest absolute Gasteiger partial charge is 0.397 e. The van der Waals surface area contributed by atoms with Gasteiger partial charge in [0.15, 0.2) is 0 Å². The van der Waals surface area contributed by atoms with Gasteiger partial charge in [-0.05, 0) is 25.7 Å². The third kappa shape index (κ3) is 21.6. The van der Waals surface area contributed by atoms with Crippen LogP contribution >= 0.6 is 0 Å². The maximum Gasteiger partial charge on any atom is 0.397 e. The first-order valence-electron chi connectivity index (χ1n) is 14.2. The minimum absolute atomic E-state index is 0.0495. The van der Waals surface area contributed by atoms with Crippen LogP contribution in [0.15, 0.2) is 0 Å². The predicted molar refractivity (Wildman–Crippen MR) is 136 cm³/mol. The number of halogens is 15. The molecule has 0 N–H and O–H groups in total. The maximum absolute atomic E-state index is 13.4. The Kier molecular flexibility index (Phi) is 22.4. The smallest absolute Gasteiger partial charge is 0.375 e. The third-order valence-electron chi connectivity index (χ3n) is 6.18. The summed E-state index contributed by atoms with van der Waals surface area (Å²) in [5.41, 5.74) is 0. The minimum Gasteiger partial charge on any atom is -0.375 e. The first-order valence-corrected chi connectivity index (χ1v) is 14.2. The number of unbranched alkanes of at least 4 members (excludes halogenated alkanes) is 1. The van der Waals surface area contributed by atoms with E-state index in [1.807, 2.05) is 0 Å². The van der Waals surface area contributed by atoms with E-state index in [9.17, 15) is 65.9 Å². The lowest BCUT2D eigenvalue weighted by atomic mass is 9.95. The normalized spacial score (nSPS) is 15.5. The van der Waals surface area contributed by atoms with Crippen LogP contribution < -0.4 is 0 Å². The van der Waals surface area contributed by atoms with Crippen LogP contribution in [0.5, 0.6) is 0 Å². The summed E-state index contributed by atoms with van der Waals surface area (Å²) in [5, 5.41) is 0. The molecular formula is C27H45F15O2. The Bertz CT molecular complexity index is 705. The molecule has 0 rings (SSSR count). The second-order valence-corrected chi connectivity index (χ2v) is 10.1. The van der Waals surface area contributed by atoms with Gasteiger partial charge in [0.05, 0.1) is 12.5 Å². The van der Waals surface area contributed by atoms with E-state index in [-0.39, 0.29) is 19.4 Å². The molecule has 3 atom stereocenters. The molecule has 0 bridgehead atoms. The van der Waals surface area contributed by atoms with E-state index >= 15 is 0 Å². The van der Waals surface area contributed by atoms with Crippen molar-refractivity contribution in [3.05, 3.63) is 0 Å². The fourth-order valence-electron chi connectivity index (χ4n) is 3.36. The molecule has 2 nitrogen and oxygen atoms in total. The molecule has 0 saturated heterocycles. The van der Waals surface area contributed by atoms with Gasteiger partial charge < -0.3 is 9.47 Å². The number of hydrogen-bond acceptors (Lipinski definition) is 2. The molecule has 0 spiro atoms. The van der Waals surface area contributed by atoms with Crippen molar-refractivity contribution < 1.29 is 75.3 Å². The number of alkyl halides is 15. The maximum atomic E-state index is 13.4. The molecule has 0 aliphatic rings. The lowest BCUT2D eigenvalue weighted by molar-refractivity contribution is -0.268. The Morgan fingerprint density at radius 1 is 0.500 bits per heavy atom. The summed E-state index contributed by atoms with van der Waals surface area (Å²) in [4.78, 5) is 0. The van der Waals surface area contributed by atoms with E-state index < -0.39 is 93.1 Å². The van der Waals surface area contributed by atoms with Gasteiger partial charge >= 0.3 is 24.6 Å². The van der Waals surface area contributed by atoms with Crippen molar-refractivity contribution in [2.75, 3.05) is 19.8 Å². The summed E-state index contributed by atoms with van der Waals surface area (Å²) in [7, 11) is 0. The molecule has 44 heavy (non-hydrogen) atoms. The molecule has 0 saturated carbocycles. The topological polar surface area (TPSA) is 18.5 Å². The molecule has 0 aromatic heterocycles. The molecule has 0 aliphatic heterocycles. The van der Waals surface area contributed by atoms with E-state index in [1.54, 1.807) is 20.8 Å². The SMILES string of the molecule is CCC(F)(F)OCCC(C(F)(F)F)C(F)(F)CC.CCCC(C)C(F)(F)F.CCCCC(C(F)(F)F)C(F)(F)COCCC. The second kappa shape index (κ2) is 20.9. The highest BCUT2D eigenvalue weighted by atomic mass is 19.4. The Hall–Kier alpha value is -1.13. The first-order chi connectivity index (χ1) is 19.7. The zero-order valence-corrected chi connectivity index (χ0v) is 25.7. The van der Waals surface area contributed by atoms with Crippen LogP contribution in [0.1, 0.15) is 99.3 Å². The van der Waals surface area contributed by atoms with Crippen molar-refractivity contribution in [1.29, 1.82) is 0 Å². The minimum atomic E-state index is -5.15. The monoisotopic (exact) mass is 686 g/mol. The van der Waals surface area contributed by atoms with Crippen LogP contribution in [0.2, 0.25) is 0 Å². The van der Waals surface area contributed by atoms with Gasteiger partial charge in [0.25, 0.3) is 11.8 Å². The molecule has 17 heteroatoms. The quantitative estimate of drug-likeness (QED) is 0.112. The van der Waals surface area contributed by atoms with Gasteiger partial charge in [-0.15, -0.1) is 0 Å². The van der Waals surface area contributed by atoms with Crippen molar-refractivity contribution in [2.45, 2.75) is 136 Å². The molecule has 270 valence electrons. The zero-order chi connectivity index (χ0) is 35.6. The number of rotatable bonds is 17. The van der Waals surface area contributed by atoms with Gasteiger partial charge in [-0.3, -0.25) is 0 Å². The van der Waals surface area contributed by atoms with E-state index in [4.69, 9.17) is 0 Å². The molecule has 3 unspecified atom stereocenters. The first kappa shape index (κ1) is 47.3. The number of hydrogen-bond donors (Lipinski definition) is 0. The molecule has 0 fully saturated rings. The molecule has 0 radical (unpaired) electrons. The van der Waals surface area contributed by atoms with Crippen molar-refractivity contribution in [1.82, 2.24) is 0 Å². The van der Waals surface area contributed by atoms with Gasteiger partial charge in [0, 0.05) is 19.4 Å². The molecule has 0 amide bonds. The lowest BCUT2D eigenvalue weighted by Gasteiger charge is -2.28. The standard InChI is InChI=1S/C11H19F5O.C10H15F7O.C6H11F3/c1-3-5-6-9(11(14,15)16)10(12,13)8-17-7-4-2;1-3-8(11,12)7(10(15,16)17)5-6-18-9(13,14)4-2;1-3-4-5(2)6(7,8)9/h9H,3-8H2,1-2H3;7H,3-6H2,1-2H3;5H,3-4H2,1-2H3. The van der Waals surface area contributed by atoms with Crippen molar-refractivity contribution in [3.8, 4) is 0 Å².